The van der Waals surface area contributed by atoms with Gasteiger partial charge in [-0.2, -0.15) is 0 Å². The van der Waals surface area contributed by atoms with E-state index in [9.17, 15) is 4.79 Å². The molecule has 0 aromatic rings. The summed E-state index contributed by atoms with van der Waals surface area (Å²) < 4.78 is 0. The third-order valence-electron chi connectivity index (χ3n) is 2.39. The minimum atomic E-state index is -0.905. The number of aliphatic carboxylic acids is 1. The van der Waals surface area contributed by atoms with Crippen LogP contribution in [0.5, 0.6) is 0 Å². The zero-order valence-electron chi connectivity index (χ0n) is 7.37. The van der Waals surface area contributed by atoms with Gasteiger partial charge < -0.3 is 10.8 Å². The number of nitrogens with two attached hydrogens (primary N) is 1. The first-order valence-electron chi connectivity index (χ1n) is 3.99. The van der Waals surface area contributed by atoms with Crippen LogP contribution in [0, 0.1) is 11.8 Å². The van der Waals surface area contributed by atoms with Crippen LogP contribution in [0.25, 0.3) is 0 Å². The lowest BCUT2D eigenvalue weighted by Gasteiger charge is -2.21. The minimum Gasteiger partial charge on any atom is -0.480 e. The Hall–Kier alpha value is -0.570. The molecule has 0 aliphatic carbocycles. The van der Waals surface area contributed by atoms with Gasteiger partial charge in [0.1, 0.15) is 6.04 Å². The van der Waals surface area contributed by atoms with Crippen LogP contribution in [0.2, 0.25) is 0 Å². The Kier molecular flexibility index (Phi) is 4.11. The summed E-state index contributed by atoms with van der Waals surface area (Å²) in [5.74, 6) is -0.476. The van der Waals surface area contributed by atoms with Crippen molar-refractivity contribution < 1.29 is 9.90 Å². The Morgan fingerprint density at radius 3 is 2.27 bits per heavy atom. The van der Waals surface area contributed by atoms with Crippen molar-refractivity contribution >= 4 is 5.97 Å². The quantitative estimate of drug-likeness (QED) is 0.645. The number of hydrogen-bond donors (Lipinski definition) is 2. The van der Waals surface area contributed by atoms with E-state index in [-0.39, 0.29) is 5.92 Å². The third kappa shape index (κ3) is 2.89. The molecule has 0 fully saturated rings. The van der Waals surface area contributed by atoms with Crippen molar-refractivity contribution in [2.75, 3.05) is 0 Å². The van der Waals surface area contributed by atoms with Gasteiger partial charge in [-0.25, -0.2) is 0 Å². The highest BCUT2D eigenvalue weighted by Crippen LogP contribution is 2.16. The SMILES string of the molecule is CCC(C)C(C)[C@@H](N)C(=O)O. The van der Waals surface area contributed by atoms with Crippen LogP contribution >= 0.6 is 0 Å². The van der Waals surface area contributed by atoms with E-state index in [0.717, 1.165) is 6.42 Å². The van der Waals surface area contributed by atoms with Crippen molar-refractivity contribution in [3.63, 3.8) is 0 Å². The molecule has 2 unspecified atom stereocenters. The summed E-state index contributed by atoms with van der Waals surface area (Å²) in [5.41, 5.74) is 5.44. The number of carbonyl (C=O) groups is 1. The second kappa shape index (κ2) is 4.34. The first kappa shape index (κ1) is 10.4. The van der Waals surface area contributed by atoms with Crippen molar-refractivity contribution in [1.29, 1.82) is 0 Å². The van der Waals surface area contributed by atoms with Crippen LogP contribution in [-0.2, 0) is 4.79 Å². The number of carboxylic acid groups (broad SMARTS) is 1. The molecule has 0 spiro atoms. The van der Waals surface area contributed by atoms with Gasteiger partial charge >= 0.3 is 5.97 Å². The molecule has 3 nitrogen and oxygen atoms in total. The molecule has 3 N–H and O–H groups in total. The fraction of sp³-hybridized carbons (Fsp3) is 0.875. The van der Waals surface area contributed by atoms with Gasteiger partial charge in [0.25, 0.3) is 0 Å². The normalized spacial score (nSPS) is 18.9. The van der Waals surface area contributed by atoms with Crippen LogP contribution in [0.4, 0.5) is 0 Å². The average molecular weight is 159 g/mol. The maximum Gasteiger partial charge on any atom is 0.320 e. The highest BCUT2D eigenvalue weighted by molar-refractivity contribution is 5.73. The molecule has 0 saturated heterocycles. The Morgan fingerprint density at radius 2 is 2.00 bits per heavy atom. The molecule has 0 amide bonds. The van der Waals surface area contributed by atoms with Crippen LogP contribution in [-0.4, -0.2) is 17.1 Å². The smallest absolute Gasteiger partial charge is 0.320 e. The number of hydrogen-bond acceptors (Lipinski definition) is 2. The lowest BCUT2D eigenvalue weighted by molar-refractivity contribution is -0.140. The summed E-state index contributed by atoms with van der Waals surface area (Å²) in [5, 5.41) is 8.57. The second-order valence-electron chi connectivity index (χ2n) is 3.11. The van der Waals surface area contributed by atoms with Gasteiger partial charge in [0.05, 0.1) is 0 Å². The van der Waals surface area contributed by atoms with Gasteiger partial charge in [-0.15, -0.1) is 0 Å². The minimum absolute atomic E-state index is 0.0532. The summed E-state index contributed by atoms with van der Waals surface area (Å²) >= 11 is 0. The predicted octanol–water partition coefficient (Wildman–Crippen LogP) is 1.08. The highest BCUT2D eigenvalue weighted by atomic mass is 16.4. The fourth-order valence-electron chi connectivity index (χ4n) is 0.951. The third-order valence-corrected chi connectivity index (χ3v) is 2.39. The van der Waals surface area contributed by atoms with Crippen LogP contribution < -0.4 is 5.73 Å². The molecular weight excluding hydrogens is 142 g/mol. The Bertz CT molecular complexity index is 136. The number of carboxylic acids is 1. The molecule has 0 rings (SSSR count). The largest absolute Gasteiger partial charge is 0.480 e. The zero-order valence-corrected chi connectivity index (χ0v) is 7.37. The summed E-state index contributed by atoms with van der Waals surface area (Å²) in [6.07, 6.45) is 0.974. The van der Waals surface area contributed by atoms with Crippen LogP contribution in [0.3, 0.4) is 0 Å². The van der Waals surface area contributed by atoms with E-state index in [1.807, 2.05) is 20.8 Å². The lowest BCUT2D eigenvalue weighted by atomic mass is 9.88. The van der Waals surface area contributed by atoms with Crippen molar-refractivity contribution in [2.45, 2.75) is 33.2 Å². The highest BCUT2D eigenvalue weighted by Gasteiger charge is 2.23. The van der Waals surface area contributed by atoms with Gasteiger partial charge in [-0.1, -0.05) is 27.2 Å². The van der Waals surface area contributed by atoms with E-state index in [1.54, 1.807) is 0 Å². The molecule has 3 heteroatoms. The molecule has 0 heterocycles. The molecule has 0 radical (unpaired) electrons. The predicted molar refractivity (Wildman–Crippen MR) is 44.2 cm³/mol. The first-order chi connectivity index (χ1) is 5.00. The summed E-state index contributed by atoms with van der Waals surface area (Å²) in [6.45, 7) is 5.94. The summed E-state index contributed by atoms with van der Waals surface area (Å²) in [6, 6.07) is -0.718. The van der Waals surface area contributed by atoms with Crippen LogP contribution in [0.15, 0.2) is 0 Å². The van der Waals surface area contributed by atoms with E-state index >= 15 is 0 Å². The zero-order chi connectivity index (χ0) is 9.02. The molecule has 0 aromatic carbocycles. The van der Waals surface area contributed by atoms with Gasteiger partial charge in [-0.3, -0.25) is 4.79 Å². The van der Waals surface area contributed by atoms with Gasteiger partial charge in [0.2, 0.25) is 0 Å². The molecule has 0 bridgehead atoms. The number of rotatable bonds is 4. The molecule has 0 aromatic heterocycles. The molecule has 0 aliphatic heterocycles. The monoisotopic (exact) mass is 159 g/mol. The van der Waals surface area contributed by atoms with E-state index in [1.165, 1.54) is 0 Å². The van der Waals surface area contributed by atoms with Gasteiger partial charge in [0.15, 0.2) is 0 Å². The van der Waals surface area contributed by atoms with E-state index < -0.39 is 12.0 Å². The fourth-order valence-corrected chi connectivity index (χ4v) is 0.951. The Balaban J connectivity index is 4.00. The lowest BCUT2D eigenvalue weighted by Crippen LogP contribution is -2.39. The summed E-state index contributed by atoms with van der Waals surface area (Å²) in [7, 11) is 0. The van der Waals surface area contributed by atoms with Crippen molar-refractivity contribution in [2.24, 2.45) is 17.6 Å². The van der Waals surface area contributed by atoms with Crippen LogP contribution in [0.1, 0.15) is 27.2 Å². The average Bonchev–Trinajstić information content (AvgIpc) is 2.00. The van der Waals surface area contributed by atoms with Crippen molar-refractivity contribution in [3.8, 4) is 0 Å². The Morgan fingerprint density at radius 1 is 1.55 bits per heavy atom. The Labute approximate surface area is 67.6 Å². The van der Waals surface area contributed by atoms with Gasteiger partial charge in [0, 0.05) is 0 Å². The molecule has 11 heavy (non-hydrogen) atoms. The molecule has 0 saturated carbocycles. The first-order valence-corrected chi connectivity index (χ1v) is 3.99. The molecule has 66 valence electrons. The van der Waals surface area contributed by atoms with E-state index in [2.05, 4.69) is 0 Å². The second-order valence-corrected chi connectivity index (χ2v) is 3.11. The summed E-state index contributed by atoms with van der Waals surface area (Å²) in [4.78, 5) is 10.4. The maximum atomic E-state index is 10.4. The molecule has 0 aliphatic rings. The van der Waals surface area contributed by atoms with E-state index in [0.29, 0.717) is 5.92 Å². The van der Waals surface area contributed by atoms with Crippen molar-refractivity contribution in [1.82, 2.24) is 0 Å². The van der Waals surface area contributed by atoms with Crippen molar-refractivity contribution in [3.05, 3.63) is 0 Å². The maximum absolute atomic E-state index is 10.4. The molecular formula is C8H17NO2. The standard InChI is InChI=1S/C8H17NO2/c1-4-5(2)6(3)7(9)8(10)11/h5-7H,4,9H2,1-3H3,(H,10,11)/t5?,6?,7-/m1/s1. The van der Waals surface area contributed by atoms with Gasteiger partial charge in [-0.05, 0) is 11.8 Å². The topological polar surface area (TPSA) is 63.3 Å². The van der Waals surface area contributed by atoms with E-state index in [4.69, 9.17) is 10.8 Å². The molecule has 3 atom stereocenters.